The van der Waals surface area contributed by atoms with Gasteiger partial charge in [-0.2, -0.15) is 4.68 Å². The Morgan fingerprint density at radius 2 is 1.89 bits per heavy atom. The summed E-state index contributed by atoms with van der Waals surface area (Å²) < 4.78 is 24.2. The van der Waals surface area contributed by atoms with Gasteiger partial charge in [0.05, 0.1) is 16.6 Å². The van der Waals surface area contributed by atoms with Crippen molar-refractivity contribution >= 4 is 9.84 Å². The van der Waals surface area contributed by atoms with Gasteiger partial charge in [-0.1, -0.05) is 0 Å². The van der Waals surface area contributed by atoms with Crippen LogP contribution in [-0.4, -0.2) is 34.9 Å². The molecule has 0 fully saturated rings. The van der Waals surface area contributed by atoms with Crippen molar-refractivity contribution in [2.24, 2.45) is 5.73 Å². The van der Waals surface area contributed by atoms with E-state index in [0.717, 1.165) is 6.26 Å². The molecule has 0 aliphatic rings. The van der Waals surface area contributed by atoms with Crippen LogP contribution in [-0.2, 0) is 9.84 Å². The highest BCUT2D eigenvalue weighted by Gasteiger charge is 2.13. The minimum Gasteiger partial charge on any atom is -0.321 e. The summed E-state index contributed by atoms with van der Waals surface area (Å²) in [6.45, 7) is 1.77. The molecular formula is C10H13N5O2S. The third kappa shape index (κ3) is 2.39. The average molecular weight is 267 g/mol. The molecule has 2 rings (SSSR count). The summed E-state index contributed by atoms with van der Waals surface area (Å²) in [5.74, 6) is 0.516. The van der Waals surface area contributed by atoms with E-state index in [1.807, 2.05) is 0 Å². The Hall–Kier alpha value is -1.80. The van der Waals surface area contributed by atoms with Gasteiger partial charge in [0.25, 0.3) is 0 Å². The standard InChI is InChI=1S/C10H13N5O2S/c1-7(11)10-12-13-14-15(10)8-3-5-9(6-4-8)18(2,16)17/h3-7H,11H2,1-2H3. The first kappa shape index (κ1) is 12.7. The van der Waals surface area contributed by atoms with Crippen LogP contribution in [0.2, 0.25) is 0 Å². The molecule has 0 aliphatic carbocycles. The molecule has 1 aromatic heterocycles. The second kappa shape index (κ2) is 4.46. The molecule has 0 amide bonds. The fourth-order valence-electron chi connectivity index (χ4n) is 1.50. The van der Waals surface area contributed by atoms with E-state index in [1.54, 1.807) is 19.1 Å². The van der Waals surface area contributed by atoms with Crippen molar-refractivity contribution in [1.29, 1.82) is 0 Å². The molecule has 2 N–H and O–H groups in total. The zero-order valence-electron chi connectivity index (χ0n) is 9.98. The summed E-state index contributed by atoms with van der Waals surface area (Å²) in [7, 11) is -3.20. The summed E-state index contributed by atoms with van der Waals surface area (Å²) in [6, 6.07) is 5.99. The number of aromatic nitrogens is 4. The van der Waals surface area contributed by atoms with Crippen LogP contribution in [0.5, 0.6) is 0 Å². The van der Waals surface area contributed by atoms with E-state index in [2.05, 4.69) is 15.5 Å². The second-order valence-corrected chi connectivity index (χ2v) is 6.02. The lowest BCUT2D eigenvalue weighted by Crippen LogP contribution is -2.13. The van der Waals surface area contributed by atoms with Crippen LogP contribution in [0.25, 0.3) is 5.69 Å². The Kier molecular flexibility index (Phi) is 3.14. The van der Waals surface area contributed by atoms with Crippen LogP contribution < -0.4 is 5.73 Å². The fraction of sp³-hybridized carbons (Fsp3) is 0.300. The predicted molar refractivity (Wildman–Crippen MR) is 64.9 cm³/mol. The molecular weight excluding hydrogens is 254 g/mol. The molecule has 0 saturated heterocycles. The van der Waals surface area contributed by atoms with Crippen LogP contribution in [0.15, 0.2) is 29.2 Å². The first-order valence-electron chi connectivity index (χ1n) is 5.24. The Morgan fingerprint density at radius 1 is 1.28 bits per heavy atom. The Labute approximate surface area is 105 Å². The van der Waals surface area contributed by atoms with Crippen LogP contribution >= 0.6 is 0 Å². The van der Waals surface area contributed by atoms with E-state index >= 15 is 0 Å². The molecule has 1 aromatic carbocycles. The van der Waals surface area contributed by atoms with Crippen LogP contribution in [0.3, 0.4) is 0 Å². The van der Waals surface area contributed by atoms with Crippen LogP contribution in [0.4, 0.5) is 0 Å². The molecule has 1 atom stereocenters. The number of benzene rings is 1. The van der Waals surface area contributed by atoms with Crippen molar-refractivity contribution in [3.05, 3.63) is 30.1 Å². The number of sulfone groups is 1. The molecule has 0 bridgehead atoms. The molecule has 0 spiro atoms. The van der Waals surface area contributed by atoms with E-state index in [4.69, 9.17) is 5.73 Å². The van der Waals surface area contributed by atoms with Crippen molar-refractivity contribution in [3.8, 4) is 5.69 Å². The summed E-state index contributed by atoms with van der Waals surface area (Å²) in [6.07, 6.45) is 1.16. The van der Waals surface area contributed by atoms with Crippen molar-refractivity contribution in [1.82, 2.24) is 20.2 Å². The maximum atomic E-state index is 11.3. The normalized spacial score (nSPS) is 13.5. The largest absolute Gasteiger partial charge is 0.321 e. The summed E-state index contributed by atoms with van der Waals surface area (Å²) in [5, 5.41) is 11.2. The average Bonchev–Trinajstić information content (AvgIpc) is 2.77. The minimum absolute atomic E-state index is 0.252. The third-order valence-corrected chi connectivity index (χ3v) is 3.54. The molecule has 0 aliphatic heterocycles. The van der Waals surface area contributed by atoms with Gasteiger partial charge in [0.15, 0.2) is 15.7 Å². The number of rotatable bonds is 3. The van der Waals surface area contributed by atoms with Crippen LogP contribution in [0.1, 0.15) is 18.8 Å². The van der Waals surface area contributed by atoms with Gasteiger partial charge in [0.1, 0.15) is 0 Å². The molecule has 2 aromatic rings. The van der Waals surface area contributed by atoms with E-state index in [1.165, 1.54) is 16.8 Å². The summed E-state index contributed by atoms with van der Waals surface area (Å²) in [4.78, 5) is 0.252. The highest BCUT2D eigenvalue weighted by Crippen LogP contribution is 2.15. The first-order valence-corrected chi connectivity index (χ1v) is 7.13. The van der Waals surface area contributed by atoms with Gasteiger partial charge in [-0.15, -0.1) is 5.10 Å². The Balaban J connectivity index is 2.44. The fourth-order valence-corrected chi connectivity index (χ4v) is 2.13. The number of hydrogen-bond donors (Lipinski definition) is 1. The summed E-state index contributed by atoms with van der Waals surface area (Å²) in [5.41, 5.74) is 6.40. The molecule has 96 valence electrons. The zero-order chi connectivity index (χ0) is 13.3. The lowest BCUT2D eigenvalue weighted by Gasteiger charge is -2.07. The topological polar surface area (TPSA) is 104 Å². The molecule has 0 saturated carbocycles. The van der Waals surface area contributed by atoms with Gasteiger partial charge in [-0.25, -0.2) is 8.42 Å². The van der Waals surface area contributed by atoms with Crippen molar-refractivity contribution < 1.29 is 8.42 Å². The lowest BCUT2D eigenvalue weighted by atomic mass is 10.3. The molecule has 1 heterocycles. The van der Waals surface area contributed by atoms with Gasteiger partial charge in [0, 0.05) is 6.26 Å². The van der Waals surface area contributed by atoms with Crippen molar-refractivity contribution in [2.45, 2.75) is 17.9 Å². The number of hydrogen-bond acceptors (Lipinski definition) is 6. The molecule has 8 heteroatoms. The minimum atomic E-state index is -3.20. The predicted octanol–water partition coefficient (Wildman–Crippen LogP) is 0.0855. The maximum Gasteiger partial charge on any atom is 0.175 e. The maximum absolute atomic E-state index is 11.3. The Bertz CT molecular complexity index is 645. The van der Waals surface area contributed by atoms with Crippen molar-refractivity contribution in [3.63, 3.8) is 0 Å². The summed E-state index contributed by atoms with van der Waals surface area (Å²) >= 11 is 0. The smallest absolute Gasteiger partial charge is 0.175 e. The first-order chi connectivity index (χ1) is 8.39. The molecule has 0 radical (unpaired) electrons. The van der Waals surface area contributed by atoms with Crippen molar-refractivity contribution in [2.75, 3.05) is 6.26 Å². The van der Waals surface area contributed by atoms with Gasteiger partial charge in [-0.05, 0) is 41.6 Å². The second-order valence-electron chi connectivity index (χ2n) is 4.00. The van der Waals surface area contributed by atoms with Gasteiger partial charge >= 0.3 is 0 Å². The Morgan fingerprint density at radius 3 is 2.39 bits per heavy atom. The highest BCUT2D eigenvalue weighted by atomic mass is 32.2. The SMILES string of the molecule is CC(N)c1nnnn1-c1ccc(S(C)(=O)=O)cc1. The van der Waals surface area contributed by atoms with E-state index < -0.39 is 9.84 Å². The zero-order valence-corrected chi connectivity index (χ0v) is 10.8. The third-order valence-electron chi connectivity index (χ3n) is 2.41. The highest BCUT2D eigenvalue weighted by molar-refractivity contribution is 7.90. The number of tetrazole rings is 1. The molecule has 7 nitrogen and oxygen atoms in total. The molecule has 1 unspecified atom stereocenters. The van der Waals surface area contributed by atoms with Gasteiger partial charge < -0.3 is 5.73 Å². The van der Waals surface area contributed by atoms with Gasteiger partial charge in [-0.3, -0.25) is 0 Å². The quantitative estimate of drug-likeness (QED) is 0.845. The van der Waals surface area contributed by atoms with Crippen LogP contribution in [0, 0.1) is 0 Å². The van der Waals surface area contributed by atoms with E-state index in [0.29, 0.717) is 11.5 Å². The van der Waals surface area contributed by atoms with E-state index in [-0.39, 0.29) is 10.9 Å². The lowest BCUT2D eigenvalue weighted by molar-refractivity contribution is 0.602. The molecule has 18 heavy (non-hydrogen) atoms. The monoisotopic (exact) mass is 267 g/mol. The number of nitrogens with zero attached hydrogens (tertiary/aromatic N) is 4. The van der Waals surface area contributed by atoms with E-state index in [9.17, 15) is 8.42 Å². The number of nitrogens with two attached hydrogens (primary N) is 1. The van der Waals surface area contributed by atoms with Gasteiger partial charge in [0.2, 0.25) is 0 Å².